The monoisotopic (exact) mass is 419 g/mol. The van der Waals surface area contributed by atoms with Gasteiger partial charge >= 0.3 is 0 Å². The lowest BCUT2D eigenvalue weighted by Gasteiger charge is -2.24. The molecule has 2 amide bonds. The maximum absolute atomic E-state index is 13.0. The lowest BCUT2D eigenvalue weighted by atomic mass is 10.0. The third-order valence-corrected chi connectivity index (χ3v) is 4.95. The Hall–Kier alpha value is -3.38. The van der Waals surface area contributed by atoms with Crippen LogP contribution in [0.3, 0.4) is 0 Å². The largest absolute Gasteiger partial charge is 0.467 e. The first-order valence-electron chi connectivity index (χ1n) is 10.6. The highest BCUT2D eigenvalue weighted by atomic mass is 16.3. The van der Waals surface area contributed by atoms with Gasteiger partial charge in [-0.2, -0.15) is 0 Å². The second-order valence-electron chi connectivity index (χ2n) is 7.38. The number of carbonyl (C=O) groups is 2. The van der Waals surface area contributed by atoms with Gasteiger partial charge in [0.1, 0.15) is 12.3 Å². The van der Waals surface area contributed by atoms with Crippen LogP contribution in [0, 0.1) is 0 Å². The van der Waals surface area contributed by atoms with E-state index in [2.05, 4.69) is 29.7 Å². The highest BCUT2D eigenvalue weighted by Gasteiger charge is 2.20. The molecule has 1 unspecified atom stereocenters. The third kappa shape index (κ3) is 7.12. The highest BCUT2D eigenvalue weighted by Crippen LogP contribution is 2.18. The summed E-state index contributed by atoms with van der Waals surface area (Å²) in [7, 11) is 0. The van der Waals surface area contributed by atoms with Crippen molar-refractivity contribution in [2.24, 2.45) is 0 Å². The highest BCUT2D eigenvalue weighted by molar-refractivity contribution is 5.94. The average molecular weight is 420 g/mol. The predicted molar refractivity (Wildman–Crippen MR) is 121 cm³/mol. The molecule has 0 saturated heterocycles. The zero-order valence-electron chi connectivity index (χ0n) is 17.8. The van der Waals surface area contributed by atoms with Crippen molar-refractivity contribution in [3.05, 3.63) is 90.4 Å². The first-order valence-corrected chi connectivity index (χ1v) is 10.6. The lowest BCUT2D eigenvalue weighted by Crippen LogP contribution is -2.42. The van der Waals surface area contributed by atoms with Gasteiger partial charge in [0.05, 0.1) is 19.4 Å². The summed E-state index contributed by atoms with van der Waals surface area (Å²) in [4.78, 5) is 27.1. The number of nitrogens with zero attached hydrogens (tertiary/aromatic N) is 1. The van der Waals surface area contributed by atoms with Crippen LogP contribution in [0.5, 0.6) is 0 Å². The van der Waals surface area contributed by atoms with Gasteiger partial charge in [0.25, 0.3) is 0 Å². The second kappa shape index (κ2) is 11.7. The van der Waals surface area contributed by atoms with E-state index in [9.17, 15) is 9.59 Å². The van der Waals surface area contributed by atoms with Crippen LogP contribution in [0.15, 0.2) is 83.5 Å². The van der Waals surface area contributed by atoms with Crippen LogP contribution in [0.4, 0.5) is 5.69 Å². The molecule has 1 heterocycles. The molecule has 1 atom stereocenters. The Morgan fingerprint density at radius 2 is 1.68 bits per heavy atom. The Bertz CT molecular complexity index is 927. The van der Waals surface area contributed by atoms with Gasteiger partial charge in [-0.25, -0.2) is 0 Å². The van der Waals surface area contributed by atoms with Crippen LogP contribution in [-0.4, -0.2) is 29.8 Å². The van der Waals surface area contributed by atoms with Crippen LogP contribution in [0.2, 0.25) is 0 Å². The number of furan rings is 1. The number of rotatable bonds is 11. The summed E-state index contributed by atoms with van der Waals surface area (Å²) >= 11 is 0. The molecule has 3 rings (SSSR count). The standard InChI is InChI=1S/C25H29N3O3/c1-2-10-23(20-11-5-3-6-12-20)26-17-25(30)28(18-22-15-9-16-31-22)19-24(29)27-21-13-7-4-8-14-21/h3-9,11-16,23,26H,2,10,17-19H2,1H3,(H,27,29). The molecule has 6 heteroatoms. The van der Waals surface area contributed by atoms with Crippen LogP contribution >= 0.6 is 0 Å². The van der Waals surface area contributed by atoms with E-state index in [0.717, 1.165) is 18.4 Å². The number of benzene rings is 2. The SMILES string of the molecule is CCCC(NCC(=O)N(CC(=O)Nc1ccccc1)Cc1ccco1)c1ccccc1. The number of para-hydroxylation sites is 1. The minimum atomic E-state index is -0.251. The van der Waals surface area contributed by atoms with Crippen LogP contribution in [-0.2, 0) is 16.1 Å². The van der Waals surface area contributed by atoms with E-state index in [1.165, 1.54) is 4.90 Å². The summed E-state index contributed by atoms with van der Waals surface area (Å²) in [5, 5.41) is 6.20. The van der Waals surface area contributed by atoms with Crippen LogP contribution in [0.25, 0.3) is 0 Å². The van der Waals surface area contributed by atoms with Crippen molar-refractivity contribution in [3.63, 3.8) is 0 Å². The normalized spacial score (nSPS) is 11.6. The minimum Gasteiger partial charge on any atom is -0.467 e. The number of anilines is 1. The van der Waals surface area contributed by atoms with Gasteiger partial charge in [-0.15, -0.1) is 0 Å². The summed E-state index contributed by atoms with van der Waals surface area (Å²) in [6.45, 7) is 2.44. The quantitative estimate of drug-likeness (QED) is 0.484. The van der Waals surface area contributed by atoms with E-state index >= 15 is 0 Å². The zero-order valence-corrected chi connectivity index (χ0v) is 17.8. The van der Waals surface area contributed by atoms with Gasteiger partial charge in [-0.3, -0.25) is 9.59 Å². The summed E-state index contributed by atoms with van der Waals surface area (Å²) in [5.74, 6) is 0.227. The predicted octanol–water partition coefficient (Wildman–Crippen LogP) is 4.38. The van der Waals surface area contributed by atoms with Crippen molar-refractivity contribution >= 4 is 17.5 Å². The smallest absolute Gasteiger partial charge is 0.244 e. The van der Waals surface area contributed by atoms with Crippen molar-refractivity contribution < 1.29 is 14.0 Å². The first-order chi connectivity index (χ1) is 15.2. The van der Waals surface area contributed by atoms with E-state index in [1.54, 1.807) is 18.4 Å². The fourth-order valence-electron chi connectivity index (χ4n) is 3.40. The first kappa shape index (κ1) is 22.3. The summed E-state index contributed by atoms with van der Waals surface area (Å²) in [6, 6.07) is 23.0. The average Bonchev–Trinajstić information content (AvgIpc) is 3.30. The number of nitrogens with one attached hydrogen (secondary N) is 2. The molecule has 0 radical (unpaired) electrons. The number of hydrogen-bond donors (Lipinski definition) is 2. The van der Waals surface area contributed by atoms with Crippen molar-refractivity contribution in [2.75, 3.05) is 18.4 Å². The maximum Gasteiger partial charge on any atom is 0.244 e. The van der Waals surface area contributed by atoms with Crippen molar-refractivity contribution in [1.82, 2.24) is 10.2 Å². The third-order valence-electron chi connectivity index (χ3n) is 4.95. The summed E-state index contributed by atoms with van der Waals surface area (Å²) < 4.78 is 5.40. The van der Waals surface area contributed by atoms with Crippen LogP contribution in [0.1, 0.15) is 37.1 Å². The summed E-state index contributed by atoms with van der Waals surface area (Å²) in [6.07, 6.45) is 3.48. The van der Waals surface area contributed by atoms with Gasteiger partial charge in [-0.05, 0) is 36.2 Å². The molecule has 6 nitrogen and oxygen atoms in total. The topological polar surface area (TPSA) is 74.6 Å². The number of carbonyl (C=O) groups excluding carboxylic acids is 2. The van der Waals surface area contributed by atoms with E-state index in [4.69, 9.17) is 4.42 Å². The molecule has 2 N–H and O–H groups in total. The molecule has 0 aliphatic rings. The molecular formula is C25H29N3O3. The lowest BCUT2D eigenvalue weighted by molar-refractivity contribution is -0.134. The molecule has 0 aliphatic carbocycles. The molecule has 1 aromatic heterocycles. The van der Waals surface area contributed by atoms with Crippen molar-refractivity contribution in [1.29, 1.82) is 0 Å². The fraction of sp³-hybridized carbons (Fsp3) is 0.280. The fourth-order valence-corrected chi connectivity index (χ4v) is 3.40. The Balaban J connectivity index is 1.64. The maximum atomic E-state index is 13.0. The molecule has 3 aromatic rings. The van der Waals surface area contributed by atoms with Gasteiger partial charge in [0.2, 0.25) is 11.8 Å². The Morgan fingerprint density at radius 3 is 2.32 bits per heavy atom. The zero-order chi connectivity index (χ0) is 21.9. The Morgan fingerprint density at radius 1 is 0.968 bits per heavy atom. The molecule has 0 aliphatic heterocycles. The van der Waals surface area contributed by atoms with Gasteiger partial charge in [0.15, 0.2) is 0 Å². The van der Waals surface area contributed by atoms with E-state index in [-0.39, 0.29) is 37.5 Å². The van der Waals surface area contributed by atoms with E-state index in [0.29, 0.717) is 11.4 Å². The molecule has 0 saturated carbocycles. The van der Waals surface area contributed by atoms with Gasteiger partial charge in [-0.1, -0.05) is 61.9 Å². The van der Waals surface area contributed by atoms with E-state index < -0.39 is 0 Å². The second-order valence-corrected chi connectivity index (χ2v) is 7.38. The summed E-state index contributed by atoms with van der Waals surface area (Å²) in [5.41, 5.74) is 1.85. The molecule has 2 aromatic carbocycles. The molecule has 0 spiro atoms. The van der Waals surface area contributed by atoms with E-state index in [1.807, 2.05) is 48.5 Å². The molecule has 162 valence electrons. The molecular weight excluding hydrogens is 390 g/mol. The van der Waals surface area contributed by atoms with Crippen molar-refractivity contribution in [3.8, 4) is 0 Å². The molecule has 31 heavy (non-hydrogen) atoms. The molecule has 0 fully saturated rings. The number of hydrogen-bond acceptors (Lipinski definition) is 4. The minimum absolute atomic E-state index is 0.0557. The van der Waals surface area contributed by atoms with Gasteiger partial charge in [0, 0.05) is 11.7 Å². The van der Waals surface area contributed by atoms with Crippen molar-refractivity contribution in [2.45, 2.75) is 32.4 Å². The van der Waals surface area contributed by atoms with Gasteiger partial charge < -0.3 is 20.0 Å². The molecule has 0 bridgehead atoms. The van der Waals surface area contributed by atoms with Crippen LogP contribution < -0.4 is 10.6 Å². The Labute approximate surface area is 183 Å². The Kier molecular flexibility index (Phi) is 8.43. The number of amides is 2.